The molecule has 0 unspecified atom stereocenters. The highest BCUT2D eigenvalue weighted by Crippen LogP contribution is 2.29. The molecule has 1 saturated carbocycles. The summed E-state index contributed by atoms with van der Waals surface area (Å²) in [5.41, 5.74) is 8.35. The fraction of sp³-hybridized carbons (Fsp3) is 0.267. The molecule has 3 heterocycles. The Kier molecular flexibility index (Phi) is 2.73. The smallest absolute Gasteiger partial charge is 0.165 e. The van der Waals surface area contributed by atoms with Crippen LogP contribution in [-0.2, 0) is 0 Å². The van der Waals surface area contributed by atoms with E-state index in [2.05, 4.69) is 20.4 Å². The van der Waals surface area contributed by atoms with E-state index >= 15 is 0 Å². The van der Waals surface area contributed by atoms with Gasteiger partial charge in [0, 0.05) is 24.6 Å². The molecule has 3 aromatic heterocycles. The van der Waals surface area contributed by atoms with E-state index in [1.54, 1.807) is 16.9 Å². The molecule has 6 nitrogen and oxygen atoms in total. The van der Waals surface area contributed by atoms with E-state index in [4.69, 9.17) is 5.73 Å². The highest BCUT2D eigenvalue weighted by Gasteiger charge is 2.20. The van der Waals surface area contributed by atoms with Crippen LogP contribution in [0.4, 0.5) is 11.5 Å². The fourth-order valence-corrected chi connectivity index (χ4v) is 2.33. The molecule has 21 heavy (non-hydrogen) atoms. The largest absolute Gasteiger partial charge is 0.399 e. The highest BCUT2D eigenvalue weighted by atomic mass is 15.2. The number of nitrogens with two attached hydrogens (primary N) is 1. The van der Waals surface area contributed by atoms with Gasteiger partial charge >= 0.3 is 0 Å². The average Bonchev–Trinajstić information content (AvgIpc) is 3.24. The molecule has 0 atom stereocenters. The van der Waals surface area contributed by atoms with Crippen molar-refractivity contribution >= 4 is 17.0 Å². The zero-order chi connectivity index (χ0) is 14.2. The summed E-state index contributed by atoms with van der Waals surface area (Å²) in [6.45, 7) is 0.984. The van der Waals surface area contributed by atoms with Crippen molar-refractivity contribution in [2.24, 2.45) is 5.92 Å². The number of fused-ring (bicyclic) bond motifs is 1. The van der Waals surface area contributed by atoms with E-state index in [0.29, 0.717) is 11.5 Å². The summed E-state index contributed by atoms with van der Waals surface area (Å²) in [7, 11) is 0. The standard InChI is InChI=1S/C15H16N6/c16-11-4-6-21-13(7-11)12(9-19-21)15-17-5-3-14(20-15)18-8-10-1-2-10/h3-7,9-10H,1-2,8,16H2,(H,17,18,20). The van der Waals surface area contributed by atoms with Crippen LogP contribution < -0.4 is 11.1 Å². The van der Waals surface area contributed by atoms with Crippen molar-refractivity contribution in [1.82, 2.24) is 19.6 Å². The maximum atomic E-state index is 5.85. The number of nitrogens with one attached hydrogen (secondary N) is 1. The van der Waals surface area contributed by atoms with Crippen LogP contribution in [-0.4, -0.2) is 26.1 Å². The minimum absolute atomic E-state index is 0.663. The first-order chi connectivity index (χ1) is 10.3. The van der Waals surface area contributed by atoms with Crippen molar-refractivity contribution in [3.8, 4) is 11.4 Å². The van der Waals surface area contributed by atoms with Gasteiger partial charge in [-0.05, 0) is 37.0 Å². The van der Waals surface area contributed by atoms with Gasteiger partial charge in [-0.15, -0.1) is 0 Å². The third-order valence-electron chi connectivity index (χ3n) is 3.71. The Labute approximate surface area is 122 Å². The van der Waals surface area contributed by atoms with Crippen LogP contribution in [0.15, 0.2) is 36.8 Å². The molecule has 1 aliphatic rings. The molecule has 0 spiro atoms. The Morgan fingerprint density at radius 3 is 3.10 bits per heavy atom. The fourth-order valence-electron chi connectivity index (χ4n) is 2.33. The summed E-state index contributed by atoms with van der Waals surface area (Å²) >= 11 is 0. The summed E-state index contributed by atoms with van der Waals surface area (Å²) in [6.07, 6.45) is 8.02. The average molecular weight is 280 g/mol. The molecule has 0 aliphatic heterocycles. The lowest BCUT2D eigenvalue weighted by Crippen LogP contribution is -2.05. The molecule has 4 rings (SSSR count). The molecular formula is C15H16N6. The van der Waals surface area contributed by atoms with Gasteiger partial charge in [0.05, 0.1) is 17.3 Å². The number of aromatic nitrogens is 4. The monoisotopic (exact) mass is 280 g/mol. The molecule has 0 radical (unpaired) electrons. The molecule has 0 saturated heterocycles. The molecule has 1 fully saturated rings. The van der Waals surface area contributed by atoms with Crippen molar-refractivity contribution in [3.05, 3.63) is 36.8 Å². The number of hydrogen-bond donors (Lipinski definition) is 2. The maximum absolute atomic E-state index is 5.85. The number of pyridine rings is 1. The summed E-state index contributed by atoms with van der Waals surface area (Å²) in [5, 5.41) is 7.68. The van der Waals surface area contributed by atoms with Gasteiger partial charge in [-0.1, -0.05) is 0 Å². The van der Waals surface area contributed by atoms with E-state index in [1.165, 1.54) is 12.8 Å². The molecule has 1 aliphatic carbocycles. The normalized spacial score (nSPS) is 14.5. The predicted molar refractivity (Wildman–Crippen MR) is 81.8 cm³/mol. The zero-order valence-electron chi connectivity index (χ0n) is 11.5. The van der Waals surface area contributed by atoms with Gasteiger partial charge < -0.3 is 11.1 Å². The van der Waals surface area contributed by atoms with Gasteiger partial charge in [0.15, 0.2) is 5.82 Å². The van der Waals surface area contributed by atoms with Crippen LogP contribution in [0.2, 0.25) is 0 Å². The molecule has 3 N–H and O–H groups in total. The first kappa shape index (κ1) is 12.1. The zero-order valence-corrected chi connectivity index (χ0v) is 11.5. The minimum atomic E-state index is 0.663. The number of hydrogen-bond acceptors (Lipinski definition) is 5. The quantitative estimate of drug-likeness (QED) is 0.765. The van der Waals surface area contributed by atoms with E-state index in [9.17, 15) is 0 Å². The maximum Gasteiger partial charge on any atom is 0.165 e. The SMILES string of the molecule is Nc1ccn2ncc(-c3nccc(NCC4CC4)n3)c2c1. The van der Waals surface area contributed by atoms with E-state index < -0.39 is 0 Å². The molecule has 3 aromatic rings. The van der Waals surface area contributed by atoms with Gasteiger partial charge in [-0.3, -0.25) is 0 Å². The Morgan fingerprint density at radius 2 is 2.24 bits per heavy atom. The molecule has 106 valence electrons. The first-order valence-corrected chi connectivity index (χ1v) is 7.10. The molecule has 6 heteroatoms. The van der Waals surface area contributed by atoms with Gasteiger partial charge in [-0.25, -0.2) is 14.5 Å². The van der Waals surface area contributed by atoms with E-state index in [0.717, 1.165) is 29.4 Å². The molecule has 0 aromatic carbocycles. The van der Waals surface area contributed by atoms with Gasteiger partial charge in [0.1, 0.15) is 5.82 Å². The van der Waals surface area contributed by atoms with Crippen molar-refractivity contribution in [2.75, 3.05) is 17.6 Å². The Bertz CT molecular complexity index is 790. The summed E-state index contributed by atoms with van der Waals surface area (Å²) in [4.78, 5) is 8.94. The van der Waals surface area contributed by atoms with Crippen molar-refractivity contribution < 1.29 is 0 Å². The van der Waals surface area contributed by atoms with Gasteiger partial charge in [0.25, 0.3) is 0 Å². The third-order valence-corrected chi connectivity index (χ3v) is 3.71. The third kappa shape index (κ3) is 2.40. The van der Waals surface area contributed by atoms with E-state index in [1.807, 2.05) is 24.4 Å². The second kappa shape index (κ2) is 4.73. The van der Waals surface area contributed by atoms with Crippen molar-refractivity contribution in [2.45, 2.75) is 12.8 Å². The number of rotatable bonds is 4. The van der Waals surface area contributed by atoms with Gasteiger partial charge in [0.2, 0.25) is 0 Å². The lowest BCUT2D eigenvalue weighted by molar-refractivity contribution is 0.881. The first-order valence-electron chi connectivity index (χ1n) is 7.10. The molecular weight excluding hydrogens is 264 g/mol. The van der Waals surface area contributed by atoms with Crippen LogP contribution in [0, 0.1) is 5.92 Å². The van der Waals surface area contributed by atoms with Crippen molar-refractivity contribution in [3.63, 3.8) is 0 Å². The number of nitrogen functional groups attached to an aromatic ring is 1. The summed E-state index contributed by atoms with van der Waals surface area (Å²) in [5.74, 6) is 2.33. The topological polar surface area (TPSA) is 81.1 Å². The molecule has 0 amide bonds. The predicted octanol–water partition coefficient (Wildman–Crippen LogP) is 2.20. The Balaban J connectivity index is 1.70. The number of anilines is 2. The van der Waals surface area contributed by atoms with Crippen LogP contribution in [0.1, 0.15) is 12.8 Å². The van der Waals surface area contributed by atoms with Crippen LogP contribution in [0.25, 0.3) is 16.9 Å². The van der Waals surface area contributed by atoms with Crippen LogP contribution >= 0.6 is 0 Å². The minimum Gasteiger partial charge on any atom is -0.399 e. The Hall–Kier alpha value is -2.63. The molecule has 0 bridgehead atoms. The second-order valence-corrected chi connectivity index (χ2v) is 5.44. The summed E-state index contributed by atoms with van der Waals surface area (Å²) in [6, 6.07) is 5.60. The van der Waals surface area contributed by atoms with E-state index in [-0.39, 0.29) is 0 Å². The lowest BCUT2D eigenvalue weighted by Gasteiger charge is -2.05. The van der Waals surface area contributed by atoms with Crippen molar-refractivity contribution in [1.29, 1.82) is 0 Å². The Morgan fingerprint density at radius 1 is 1.33 bits per heavy atom. The lowest BCUT2D eigenvalue weighted by atomic mass is 10.2. The number of nitrogens with zero attached hydrogens (tertiary/aromatic N) is 4. The summed E-state index contributed by atoms with van der Waals surface area (Å²) < 4.78 is 1.78. The van der Waals surface area contributed by atoms with Crippen LogP contribution in [0.3, 0.4) is 0 Å². The highest BCUT2D eigenvalue weighted by molar-refractivity contribution is 5.78. The second-order valence-electron chi connectivity index (χ2n) is 5.44. The van der Waals surface area contributed by atoms with Crippen LogP contribution in [0.5, 0.6) is 0 Å². The van der Waals surface area contributed by atoms with Gasteiger partial charge in [-0.2, -0.15) is 5.10 Å².